The molecule has 0 aromatic heterocycles. The first-order valence-corrected chi connectivity index (χ1v) is 15.1. The number of ether oxygens (including phenoxy) is 3. The third kappa shape index (κ3) is 4.39. The highest BCUT2D eigenvalue weighted by atomic mass is 32.2. The summed E-state index contributed by atoms with van der Waals surface area (Å²) in [6.07, 6.45) is -0.861. The summed E-state index contributed by atoms with van der Waals surface area (Å²) in [6.45, 7) is 0.558. The van der Waals surface area contributed by atoms with Crippen LogP contribution in [0.25, 0.3) is 54.2 Å². The molecule has 2 atom stereocenters. The molecule has 6 aromatic carbocycles. The molecular formula is C36H24O6S. The molecule has 2 aliphatic rings. The normalized spacial score (nSPS) is 17.9. The second kappa shape index (κ2) is 10.1. The van der Waals surface area contributed by atoms with Crippen LogP contribution in [0.5, 0.6) is 0 Å². The molecule has 0 amide bonds. The SMILES string of the molecule is O=C(OC1COC1=O)c1c2ccccc2cc2cc(-c3ccc4c(CSC5COC5=O)c5ccccc5cc4c3)ccc12. The van der Waals surface area contributed by atoms with Gasteiger partial charge < -0.3 is 14.2 Å². The van der Waals surface area contributed by atoms with Crippen LogP contribution in [0.4, 0.5) is 0 Å². The van der Waals surface area contributed by atoms with Crippen LogP contribution in [0.1, 0.15) is 15.9 Å². The Morgan fingerprint density at radius 2 is 1.26 bits per heavy atom. The van der Waals surface area contributed by atoms with Crippen LogP contribution in [-0.4, -0.2) is 42.5 Å². The molecule has 0 aliphatic carbocycles. The summed E-state index contributed by atoms with van der Waals surface area (Å²) in [4.78, 5) is 36.8. The molecule has 0 spiro atoms. The van der Waals surface area contributed by atoms with Crippen molar-refractivity contribution >= 4 is 72.8 Å². The van der Waals surface area contributed by atoms with Crippen LogP contribution in [-0.2, 0) is 29.6 Å². The van der Waals surface area contributed by atoms with Gasteiger partial charge in [-0.25, -0.2) is 9.59 Å². The lowest BCUT2D eigenvalue weighted by molar-refractivity contribution is -0.179. The number of cyclic esters (lactones) is 2. The molecule has 43 heavy (non-hydrogen) atoms. The smallest absolute Gasteiger partial charge is 0.351 e. The van der Waals surface area contributed by atoms with E-state index in [1.54, 1.807) is 11.8 Å². The van der Waals surface area contributed by atoms with E-state index >= 15 is 0 Å². The van der Waals surface area contributed by atoms with Gasteiger partial charge in [0, 0.05) is 5.75 Å². The molecule has 2 saturated heterocycles. The van der Waals surface area contributed by atoms with Crippen LogP contribution in [0.15, 0.2) is 97.1 Å². The second-order valence-corrected chi connectivity index (χ2v) is 12.1. The summed E-state index contributed by atoms with van der Waals surface area (Å²) in [6, 6.07) is 32.9. The van der Waals surface area contributed by atoms with Crippen LogP contribution >= 0.6 is 11.8 Å². The monoisotopic (exact) mass is 584 g/mol. The number of hydrogen-bond acceptors (Lipinski definition) is 7. The molecule has 2 aliphatic heterocycles. The summed E-state index contributed by atoms with van der Waals surface area (Å²) in [5, 5.41) is 7.89. The van der Waals surface area contributed by atoms with Gasteiger partial charge in [-0.05, 0) is 84.0 Å². The van der Waals surface area contributed by atoms with Crippen molar-refractivity contribution in [2.45, 2.75) is 17.1 Å². The van der Waals surface area contributed by atoms with E-state index in [2.05, 4.69) is 54.6 Å². The van der Waals surface area contributed by atoms with Crippen molar-refractivity contribution in [1.29, 1.82) is 0 Å². The van der Waals surface area contributed by atoms with Crippen molar-refractivity contribution in [2.75, 3.05) is 13.2 Å². The van der Waals surface area contributed by atoms with E-state index in [0.29, 0.717) is 12.2 Å². The fraction of sp³-hybridized carbons (Fsp3) is 0.139. The van der Waals surface area contributed by atoms with E-state index in [-0.39, 0.29) is 17.8 Å². The zero-order valence-electron chi connectivity index (χ0n) is 22.9. The Labute approximate surface area is 250 Å². The molecule has 0 saturated carbocycles. The number of hydrogen-bond donors (Lipinski definition) is 0. The van der Waals surface area contributed by atoms with Crippen molar-refractivity contribution in [2.24, 2.45) is 0 Å². The Morgan fingerprint density at radius 1 is 0.674 bits per heavy atom. The Morgan fingerprint density at radius 3 is 1.88 bits per heavy atom. The van der Waals surface area contributed by atoms with E-state index in [1.165, 1.54) is 10.9 Å². The lowest BCUT2D eigenvalue weighted by atomic mass is 9.92. The van der Waals surface area contributed by atoms with Gasteiger partial charge in [-0.2, -0.15) is 0 Å². The van der Waals surface area contributed by atoms with Crippen LogP contribution in [0.2, 0.25) is 0 Å². The van der Waals surface area contributed by atoms with Gasteiger partial charge in [0.2, 0.25) is 6.10 Å². The summed E-state index contributed by atoms with van der Waals surface area (Å²) in [5.41, 5.74) is 3.74. The van der Waals surface area contributed by atoms with E-state index in [4.69, 9.17) is 14.2 Å². The summed E-state index contributed by atoms with van der Waals surface area (Å²) in [5.74, 6) is -0.467. The highest BCUT2D eigenvalue weighted by Crippen LogP contribution is 2.37. The molecule has 8 rings (SSSR count). The summed E-state index contributed by atoms with van der Waals surface area (Å²) < 4.78 is 15.3. The quantitative estimate of drug-likeness (QED) is 0.116. The number of carbonyl (C=O) groups excluding carboxylic acids is 3. The average Bonchev–Trinajstić information content (AvgIpc) is 3.03. The lowest BCUT2D eigenvalue weighted by Gasteiger charge is -2.24. The number of thioether (sulfide) groups is 1. The predicted molar refractivity (Wildman–Crippen MR) is 168 cm³/mol. The Balaban J connectivity index is 1.22. The van der Waals surface area contributed by atoms with E-state index < -0.39 is 18.0 Å². The van der Waals surface area contributed by atoms with Gasteiger partial charge in [-0.15, -0.1) is 11.8 Å². The van der Waals surface area contributed by atoms with Gasteiger partial charge in [0.15, 0.2) is 0 Å². The first-order valence-electron chi connectivity index (χ1n) is 14.1. The number of fused-ring (bicyclic) bond motifs is 4. The van der Waals surface area contributed by atoms with Crippen molar-refractivity contribution in [3.8, 4) is 11.1 Å². The minimum Gasteiger partial charge on any atom is -0.463 e. The third-order valence-electron chi connectivity index (χ3n) is 8.33. The van der Waals surface area contributed by atoms with Crippen LogP contribution in [0.3, 0.4) is 0 Å². The largest absolute Gasteiger partial charge is 0.463 e. The van der Waals surface area contributed by atoms with E-state index in [0.717, 1.165) is 54.6 Å². The van der Waals surface area contributed by atoms with E-state index in [9.17, 15) is 14.4 Å². The minimum absolute atomic E-state index is 0.0855. The van der Waals surface area contributed by atoms with Crippen LogP contribution in [0, 0.1) is 0 Å². The van der Waals surface area contributed by atoms with Gasteiger partial charge >= 0.3 is 17.9 Å². The Bertz CT molecular complexity index is 2150. The molecule has 0 radical (unpaired) electrons. The lowest BCUT2D eigenvalue weighted by Crippen LogP contribution is -2.43. The molecule has 7 heteroatoms. The van der Waals surface area contributed by atoms with Gasteiger partial charge in [0.25, 0.3) is 0 Å². The van der Waals surface area contributed by atoms with Crippen molar-refractivity contribution in [1.82, 2.24) is 0 Å². The average molecular weight is 585 g/mol. The Kier molecular flexibility index (Phi) is 6.08. The highest BCUT2D eigenvalue weighted by Gasteiger charge is 2.35. The molecule has 2 fully saturated rings. The standard InChI is InChI=1S/C36H24O6S/c37-34-31(17-40-34)42-36(39)33-28-8-4-2-6-23(28)16-25-14-21(10-12-29(25)33)20-9-11-27-24(13-20)15-22-5-1-3-7-26(22)30(27)19-43-32-18-41-35(32)38/h1-16,31-32H,17-19H2. The zero-order chi connectivity index (χ0) is 29.1. The van der Waals surface area contributed by atoms with Crippen molar-refractivity contribution < 1.29 is 28.6 Å². The summed E-state index contributed by atoms with van der Waals surface area (Å²) in [7, 11) is 0. The zero-order valence-corrected chi connectivity index (χ0v) is 23.7. The van der Waals surface area contributed by atoms with Crippen molar-refractivity contribution in [3.63, 3.8) is 0 Å². The number of esters is 3. The van der Waals surface area contributed by atoms with Gasteiger partial charge in [-0.3, -0.25) is 4.79 Å². The molecule has 6 aromatic rings. The molecule has 2 unspecified atom stereocenters. The Hall–Kier alpha value is -4.88. The maximum atomic E-state index is 13.3. The maximum Gasteiger partial charge on any atom is 0.351 e. The highest BCUT2D eigenvalue weighted by molar-refractivity contribution is 8.00. The minimum atomic E-state index is -0.861. The van der Waals surface area contributed by atoms with E-state index in [1.807, 2.05) is 42.5 Å². The summed E-state index contributed by atoms with van der Waals surface area (Å²) >= 11 is 1.63. The predicted octanol–water partition coefficient (Wildman–Crippen LogP) is 7.21. The first kappa shape index (κ1) is 25.8. The first-order chi connectivity index (χ1) is 21.0. The molecule has 0 N–H and O–H groups in total. The fourth-order valence-electron chi connectivity index (χ4n) is 5.98. The van der Waals surface area contributed by atoms with Crippen LogP contribution < -0.4 is 0 Å². The molecular weight excluding hydrogens is 560 g/mol. The second-order valence-electron chi connectivity index (χ2n) is 10.9. The number of benzene rings is 6. The number of carbonyl (C=O) groups is 3. The van der Waals surface area contributed by atoms with Gasteiger partial charge in [0.1, 0.15) is 18.5 Å². The van der Waals surface area contributed by atoms with Gasteiger partial charge in [0.05, 0.1) is 5.56 Å². The molecule has 210 valence electrons. The fourth-order valence-corrected chi connectivity index (χ4v) is 7.03. The number of rotatable bonds is 6. The topological polar surface area (TPSA) is 78.9 Å². The molecule has 0 bridgehead atoms. The third-order valence-corrected chi connectivity index (χ3v) is 9.52. The van der Waals surface area contributed by atoms with Gasteiger partial charge in [-0.1, -0.05) is 72.8 Å². The molecule has 2 heterocycles. The van der Waals surface area contributed by atoms with Crippen molar-refractivity contribution in [3.05, 3.63) is 108 Å². The maximum absolute atomic E-state index is 13.3. The molecule has 6 nitrogen and oxygen atoms in total.